The third-order valence-corrected chi connectivity index (χ3v) is 10.5. The Labute approximate surface area is 260 Å². The number of halogens is 1. The second-order valence-corrected chi connectivity index (χ2v) is 14.8. The Bertz CT molecular complexity index is 1960. The molecule has 3 aliphatic rings. The van der Waals surface area contributed by atoms with Crippen LogP contribution in [0.15, 0.2) is 23.8 Å². The molecule has 4 aromatic heterocycles. The molecule has 3 saturated heterocycles. The van der Waals surface area contributed by atoms with Gasteiger partial charge in [0.1, 0.15) is 42.4 Å². The van der Waals surface area contributed by atoms with E-state index in [0.717, 1.165) is 13.4 Å². The summed E-state index contributed by atoms with van der Waals surface area (Å²) in [5, 5.41) is 11.2. The molecule has 46 heavy (non-hydrogen) atoms. The van der Waals surface area contributed by atoms with E-state index in [-0.39, 0.29) is 34.1 Å². The van der Waals surface area contributed by atoms with Crippen LogP contribution in [0.1, 0.15) is 12.5 Å². The van der Waals surface area contributed by atoms with Crippen molar-refractivity contribution in [2.45, 2.75) is 49.1 Å². The minimum Gasteiger partial charge on any atom is -0.387 e. The monoisotopic (exact) mass is 706 g/mol. The number of nitrogens with zero attached hydrogens (tertiary/aromatic N) is 7. The van der Waals surface area contributed by atoms with Crippen LogP contribution in [0.4, 0.5) is 16.2 Å². The maximum Gasteiger partial charge on any atom is 0.475 e. The van der Waals surface area contributed by atoms with Gasteiger partial charge in [-0.25, -0.2) is 28.9 Å². The van der Waals surface area contributed by atoms with Gasteiger partial charge in [0.25, 0.3) is 5.56 Å². The molecule has 7 heterocycles. The van der Waals surface area contributed by atoms with Crippen LogP contribution in [-0.4, -0.2) is 106 Å². The first-order valence-electron chi connectivity index (χ1n) is 13.3. The predicted octanol–water partition coefficient (Wildman–Crippen LogP) is -0.594. The molecule has 2 bridgehead atoms. The molecule has 7 N–H and O–H groups in total. The number of nitrogen functional groups attached to an aromatic ring is 2. The largest absolute Gasteiger partial charge is 0.475 e. The highest BCUT2D eigenvalue weighted by atomic mass is 32.5. The fraction of sp³-hybridized carbons (Fsp3) is 0.524. The number of nitrogens with one attached hydrogen (secondary N) is 1. The average molecular weight is 707 g/mol. The number of aliphatic hydroxyl groups is 1. The molecule has 10 atom stereocenters. The minimum atomic E-state index is -4.60. The van der Waals surface area contributed by atoms with Crippen LogP contribution >= 0.6 is 14.5 Å². The standard InChI is InChI=1S/C21H25FN10O11P2S/c1-37-44(35)38-2-7-12(33)14(20(40-7)32-6-28-11-17(32)29-21(24)30-18(11)34)43-45(36,46)39-3-8-13(42-44)9(22)19(41-8)31-5-27-10-15(23)25-4-26-16(10)31/h4-9,12-14,19-20,33H,2-3H2,1H3,(H,36,46)(H2,23,25,26)(H3,24,29,30,34)/t7-,8-,9?,12+,13?,14+,19?,20-,44?,45?/m1/s1. The van der Waals surface area contributed by atoms with Crippen molar-refractivity contribution in [3.8, 4) is 0 Å². The Hall–Kier alpha value is -3.05. The fourth-order valence-electron chi connectivity index (χ4n) is 5.35. The number of anilines is 2. The molecule has 4 aromatic rings. The molecule has 25 heteroatoms. The summed E-state index contributed by atoms with van der Waals surface area (Å²) in [6.45, 7) is -5.60. The van der Waals surface area contributed by atoms with Crippen LogP contribution in [0.3, 0.4) is 0 Å². The van der Waals surface area contributed by atoms with E-state index in [4.69, 9.17) is 55.4 Å². The number of fused-ring (bicyclic) bond motifs is 5. The summed E-state index contributed by atoms with van der Waals surface area (Å²) >= 11 is 5.23. The molecule has 3 fully saturated rings. The van der Waals surface area contributed by atoms with E-state index in [1.165, 1.54) is 21.8 Å². The zero-order valence-electron chi connectivity index (χ0n) is 23.3. The highest BCUT2D eigenvalue weighted by Crippen LogP contribution is 2.56. The molecule has 0 aromatic carbocycles. The van der Waals surface area contributed by atoms with Crippen LogP contribution in [-0.2, 0) is 48.5 Å². The van der Waals surface area contributed by atoms with Gasteiger partial charge in [0.15, 0.2) is 41.3 Å². The quantitative estimate of drug-likeness (QED) is 0.166. The van der Waals surface area contributed by atoms with Gasteiger partial charge in [0, 0.05) is 7.11 Å². The van der Waals surface area contributed by atoms with Gasteiger partial charge >= 0.3 is 14.5 Å². The number of alkyl halides is 1. The number of hydrogen-bond donors (Lipinski definition) is 5. The van der Waals surface area contributed by atoms with Crippen molar-refractivity contribution in [1.82, 2.24) is 39.0 Å². The Morgan fingerprint density at radius 3 is 2.48 bits per heavy atom. The lowest BCUT2D eigenvalue weighted by molar-refractivity contribution is -0.0645. The van der Waals surface area contributed by atoms with Gasteiger partial charge in [-0.05, 0) is 11.8 Å². The normalized spacial score (nSPS) is 37.1. The van der Waals surface area contributed by atoms with Gasteiger partial charge in [0.2, 0.25) is 5.95 Å². The number of aliphatic hydroxyl groups excluding tert-OH is 1. The predicted molar refractivity (Wildman–Crippen MR) is 154 cm³/mol. The highest BCUT2D eigenvalue weighted by Gasteiger charge is 2.54. The summed E-state index contributed by atoms with van der Waals surface area (Å²) in [4.78, 5) is 45.9. The summed E-state index contributed by atoms with van der Waals surface area (Å²) in [5.41, 5.74) is 11.1. The summed E-state index contributed by atoms with van der Waals surface area (Å²) in [6, 6.07) is 0. The number of phosphoric acid groups is 1. The lowest BCUT2D eigenvalue weighted by Gasteiger charge is -2.27. The highest BCUT2D eigenvalue weighted by molar-refractivity contribution is 8.07. The van der Waals surface area contributed by atoms with E-state index in [1.54, 1.807) is 0 Å². The number of hydrogen-bond acceptors (Lipinski definition) is 18. The third kappa shape index (κ3) is 5.41. The van der Waals surface area contributed by atoms with E-state index in [2.05, 4.69) is 29.9 Å². The van der Waals surface area contributed by atoms with Crippen LogP contribution in [0.25, 0.3) is 22.3 Å². The average Bonchev–Trinajstić information content (AvgIpc) is 3.77. The second-order valence-electron chi connectivity index (χ2n) is 10.3. The Balaban J connectivity index is 1.22. The van der Waals surface area contributed by atoms with Crippen molar-refractivity contribution in [3.05, 3.63) is 29.3 Å². The summed E-state index contributed by atoms with van der Waals surface area (Å²) < 4.78 is 71.4. The number of aromatic amines is 1. The van der Waals surface area contributed by atoms with Gasteiger partial charge in [-0.3, -0.25) is 37.0 Å². The molecule has 0 spiro atoms. The molecule has 0 amide bonds. The first kappa shape index (κ1) is 31.5. The zero-order chi connectivity index (χ0) is 32.5. The van der Waals surface area contributed by atoms with Crippen molar-refractivity contribution in [2.75, 3.05) is 31.8 Å². The van der Waals surface area contributed by atoms with Crippen LogP contribution in [0.5, 0.6) is 0 Å². The number of rotatable bonds is 3. The second kappa shape index (κ2) is 11.6. The lowest BCUT2D eigenvalue weighted by Crippen LogP contribution is -2.35. The summed E-state index contributed by atoms with van der Waals surface area (Å²) in [6.07, 6.45) is -8.79. The molecule has 0 aliphatic carbocycles. The number of nitrogens with two attached hydrogens (primary N) is 2. The van der Waals surface area contributed by atoms with Gasteiger partial charge in [-0.2, -0.15) is 4.98 Å². The van der Waals surface area contributed by atoms with E-state index < -0.39 is 82.5 Å². The first-order valence-corrected chi connectivity index (χ1v) is 17.4. The summed E-state index contributed by atoms with van der Waals surface area (Å²) in [5.74, 6) is -0.192. The fourth-order valence-corrected chi connectivity index (χ4v) is 7.89. The zero-order valence-corrected chi connectivity index (χ0v) is 25.9. The minimum absolute atomic E-state index is 0.0433. The number of ether oxygens (including phenoxy) is 2. The smallest absolute Gasteiger partial charge is 0.387 e. The molecule has 3 aliphatic heterocycles. The summed E-state index contributed by atoms with van der Waals surface area (Å²) in [7, 11) is -3.59. The van der Waals surface area contributed by atoms with Crippen molar-refractivity contribution in [2.24, 2.45) is 0 Å². The Morgan fingerprint density at radius 2 is 1.72 bits per heavy atom. The maximum absolute atomic E-state index is 16.1. The van der Waals surface area contributed by atoms with Crippen molar-refractivity contribution in [1.29, 1.82) is 0 Å². The first-order chi connectivity index (χ1) is 21.9. The van der Waals surface area contributed by atoms with Crippen molar-refractivity contribution in [3.63, 3.8) is 0 Å². The van der Waals surface area contributed by atoms with Crippen LogP contribution in [0, 0.1) is 0 Å². The number of aromatic nitrogens is 8. The van der Waals surface area contributed by atoms with Gasteiger partial charge in [0.05, 0.1) is 25.9 Å². The molecule has 7 rings (SSSR count). The molecule has 0 saturated carbocycles. The Kier molecular flexibility index (Phi) is 7.94. The molecule has 21 nitrogen and oxygen atoms in total. The van der Waals surface area contributed by atoms with Crippen LogP contribution in [0.2, 0.25) is 0 Å². The van der Waals surface area contributed by atoms with Crippen molar-refractivity contribution >= 4 is 60.4 Å². The van der Waals surface area contributed by atoms with Gasteiger partial charge < -0.3 is 35.5 Å². The molecular weight excluding hydrogens is 681 g/mol. The molecular formula is C21H25FN10O11P2S. The lowest BCUT2D eigenvalue weighted by atomic mass is 10.1. The van der Waals surface area contributed by atoms with E-state index >= 15 is 4.39 Å². The number of imidazole rings is 2. The maximum atomic E-state index is 16.1. The van der Waals surface area contributed by atoms with Crippen LogP contribution < -0.4 is 17.0 Å². The van der Waals surface area contributed by atoms with Gasteiger partial charge in [-0.1, -0.05) is 0 Å². The third-order valence-electron chi connectivity index (χ3n) is 7.49. The van der Waals surface area contributed by atoms with E-state index in [1.807, 2.05) is 0 Å². The number of phosphoric ester groups is 1. The SMILES string of the molecule is COP1(=O)OC[C@H]2O[C@@H](n3cnc4c(=O)[nH]c(N)nc43)[C@@H](OP(O)(=S)OC[C@H]3OC(n4cnc5c(N)ncnc54)C(F)C3O1)[C@H]2O. The van der Waals surface area contributed by atoms with Crippen molar-refractivity contribution < 1.29 is 51.0 Å². The van der Waals surface area contributed by atoms with Gasteiger partial charge in [-0.15, -0.1) is 0 Å². The molecule has 0 radical (unpaired) electrons. The van der Waals surface area contributed by atoms with E-state index in [0.29, 0.717) is 0 Å². The molecule has 248 valence electrons. The Morgan fingerprint density at radius 1 is 1.02 bits per heavy atom. The molecule has 5 unspecified atom stereocenters. The van der Waals surface area contributed by atoms with E-state index in [9.17, 15) is 19.4 Å². The topological polar surface area (TPSA) is 281 Å². The number of H-pyrrole nitrogens is 1.